The average Bonchev–Trinajstić information content (AvgIpc) is 2.62. The number of piperidine rings is 1. The molecule has 2 fully saturated rings. The van der Waals surface area contributed by atoms with Gasteiger partial charge in [-0.25, -0.2) is 4.79 Å². The summed E-state index contributed by atoms with van der Waals surface area (Å²) >= 11 is 0. The zero-order valence-electron chi connectivity index (χ0n) is 13.5. The van der Waals surface area contributed by atoms with Crippen molar-refractivity contribution in [3.8, 4) is 0 Å². The van der Waals surface area contributed by atoms with E-state index in [0.717, 1.165) is 25.7 Å². The molecule has 0 unspecified atom stereocenters. The highest BCUT2D eigenvalue weighted by Crippen LogP contribution is 2.33. The van der Waals surface area contributed by atoms with Gasteiger partial charge in [0, 0.05) is 18.7 Å². The lowest BCUT2D eigenvalue weighted by molar-refractivity contribution is -0.123. The van der Waals surface area contributed by atoms with Crippen molar-refractivity contribution in [2.75, 3.05) is 6.54 Å². The van der Waals surface area contributed by atoms with Crippen LogP contribution in [0.4, 0.5) is 0 Å². The number of aromatic amines is 1. The molecule has 1 aromatic heterocycles. The summed E-state index contributed by atoms with van der Waals surface area (Å²) in [6.45, 7) is 4.37. The number of carbonyl (C=O) groups excluding carboxylic acids is 2. The van der Waals surface area contributed by atoms with Gasteiger partial charge >= 0.3 is 5.69 Å². The van der Waals surface area contributed by atoms with Gasteiger partial charge in [-0.2, -0.15) is 4.98 Å². The van der Waals surface area contributed by atoms with Crippen LogP contribution in [0.3, 0.4) is 0 Å². The van der Waals surface area contributed by atoms with Gasteiger partial charge in [-0.3, -0.25) is 9.59 Å². The van der Waals surface area contributed by atoms with Gasteiger partial charge in [0.2, 0.25) is 5.91 Å². The molecule has 3 heterocycles. The Bertz CT molecular complexity index is 699. The molecule has 0 aromatic carbocycles. The summed E-state index contributed by atoms with van der Waals surface area (Å²) in [6, 6.07) is 1.54. The molecule has 7 heteroatoms. The zero-order valence-corrected chi connectivity index (χ0v) is 13.5. The van der Waals surface area contributed by atoms with Gasteiger partial charge in [0.25, 0.3) is 5.91 Å². The molecule has 2 amide bonds. The van der Waals surface area contributed by atoms with Crippen LogP contribution in [-0.4, -0.2) is 44.8 Å². The van der Waals surface area contributed by atoms with Crippen LogP contribution in [0.2, 0.25) is 0 Å². The van der Waals surface area contributed by atoms with E-state index in [0.29, 0.717) is 18.7 Å². The first-order chi connectivity index (χ1) is 10.9. The number of aromatic nitrogens is 2. The molecule has 0 spiro atoms. The van der Waals surface area contributed by atoms with Gasteiger partial charge in [-0.15, -0.1) is 0 Å². The van der Waals surface area contributed by atoms with Gasteiger partial charge in [0.15, 0.2) is 0 Å². The van der Waals surface area contributed by atoms with E-state index >= 15 is 0 Å². The van der Waals surface area contributed by atoms with Crippen molar-refractivity contribution < 1.29 is 9.59 Å². The Kier molecular flexibility index (Phi) is 3.95. The maximum absolute atomic E-state index is 12.9. The number of aryl methyl sites for hydroxylation is 1. The molecule has 0 aliphatic carbocycles. The topological polar surface area (TPSA) is 95.2 Å². The zero-order chi connectivity index (χ0) is 16.6. The number of likely N-dealkylation sites (tertiary alicyclic amines) is 1. The first-order valence-electron chi connectivity index (χ1n) is 8.09. The van der Waals surface area contributed by atoms with E-state index in [-0.39, 0.29) is 23.6 Å². The second-order valence-electron chi connectivity index (χ2n) is 6.73. The SMILES string of the molecule is Cc1cc(C(=O)N2CCC[C@]3(C)NC(=O)CCC[C@H]23)nc(=O)[nH]1. The first-order valence-corrected chi connectivity index (χ1v) is 8.09. The monoisotopic (exact) mass is 318 g/mol. The highest BCUT2D eigenvalue weighted by molar-refractivity contribution is 5.93. The molecule has 23 heavy (non-hydrogen) atoms. The van der Waals surface area contributed by atoms with E-state index < -0.39 is 11.2 Å². The van der Waals surface area contributed by atoms with Crippen molar-refractivity contribution in [3.05, 3.63) is 27.9 Å². The standard InChI is InChI=1S/C16H22N4O3/c1-10-9-11(18-15(23)17-10)14(22)20-8-4-7-16(2)12(20)5-3-6-13(21)19-16/h9,12H,3-8H2,1-2H3,(H,19,21)(H,17,18,23)/t12-,16-/m0/s1. The minimum atomic E-state index is -0.512. The third-order valence-corrected chi connectivity index (χ3v) is 4.87. The number of hydrogen-bond donors (Lipinski definition) is 2. The molecule has 2 aliphatic heterocycles. The predicted octanol–water partition coefficient (Wildman–Crippen LogP) is 0.742. The second kappa shape index (κ2) is 5.79. The highest BCUT2D eigenvalue weighted by Gasteiger charge is 2.45. The number of hydrogen-bond acceptors (Lipinski definition) is 4. The fraction of sp³-hybridized carbons (Fsp3) is 0.625. The van der Waals surface area contributed by atoms with Crippen LogP contribution in [0.15, 0.2) is 10.9 Å². The molecular formula is C16H22N4O3. The predicted molar refractivity (Wildman–Crippen MR) is 84.1 cm³/mol. The number of nitrogens with zero attached hydrogens (tertiary/aromatic N) is 2. The smallest absolute Gasteiger partial charge is 0.345 e. The normalized spacial score (nSPS) is 27.8. The quantitative estimate of drug-likeness (QED) is 0.798. The Morgan fingerprint density at radius 2 is 2.17 bits per heavy atom. The van der Waals surface area contributed by atoms with Crippen LogP contribution in [-0.2, 0) is 4.79 Å². The van der Waals surface area contributed by atoms with Crippen LogP contribution in [0.25, 0.3) is 0 Å². The van der Waals surface area contributed by atoms with Crippen LogP contribution in [0.5, 0.6) is 0 Å². The maximum atomic E-state index is 12.9. The number of nitrogens with one attached hydrogen (secondary N) is 2. The molecule has 7 nitrogen and oxygen atoms in total. The summed E-state index contributed by atoms with van der Waals surface area (Å²) in [6.07, 6.45) is 3.72. The molecule has 2 saturated heterocycles. The lowest BCUT2D eigenvalue weighted by Crippen LogP contribution is -2.63. The van der Waals surface area contributed by atoms with Crippen LogP contribution < -0.4 is 11.0 Å². The molecule has 124 valence electrons. The van der Waals surface area contributed by atoms with E-state index in [1.807, 2.05) is 6.92 Å². The minimum absolute atomic E-state index is 0.0504. The summed E-state index contributed by atoms with van der Waals surface area (Å²) in [7, 11) is 0. The lowest BCUT2D eigenvalue weighted by Gasteiger charge is -2.47. The fourth-order valence-corrected chi connectivity index (χ4v) is 3.82. The van der Waals surface area contributed by atoms with Crippen molar-refractivity contribution in [1.82, 2.24) is 20.2 Å². The van der Waals surface area contributed by atoms with Crippen molar-refractivity contribution >= 4 is 11.8 Å². The summed E-state index contributed by atoms with van der Waals surface area (Å²) in [5.74, 6) is -0.180. The summed E-state index contributed by atoms with van der Waals surface area (Å²) in [4.78, 5) is 44.5. The van der Waals surface area contributed by atoms with Crippen molar-refractivity contribution in [2.24, 2.45) is 0 Å². The molecule has 0 saturated carbocycles. The van der Waals surface area contributed by atoms with Crippen molar-refractivity contribution in [2.45, 2.75) is 57.5 Å². The van der Waals surface area contributed by atoms with E-state index in [9.17, 15) is 14.4 Å². The Balaban J connectivity index is 1.93. The lowest BCUT2D eigenvalue weighted by atomic mass is 9.81. The molecule has 2 N–H and O–H groups in total. The van der Waals surface area contributed by atoms with Gasteiger partial charge in [0.05, 0.1) is 11.6 Å². The van der Waals surface area contributed by atoms with Crippen LogP contribution >= 0.6 is 0 Å². The average molecular weight is 318 g/mol. The largest absolute Gasteiger partial charge is 0.349 e. The number of amides is 2. The second-order valence-corrected chi connectivity index (χ2v) is 6.73. The summed E-state index contributed by atoms with van der Waals surface area (Å²) in [5, 5.41) is 3.10. The molecule has 0 radical (unpaired) electrons. The van der Waals surface area contributed by atoms with Gasteiger partial charge in [-0.1, -0.05) is 0 Å². The first kappa shape index (κ1) is 15.7. The van der Waals surface area contributed by atoms with Crippen molar-refractivity contribution in [3.63, 3.8) is 0 Å². The molecule has 2 atom stereocenters. The molecule has 1 aromatic rings. The van der Waals surface area contributed by atoms with Crippen molar-refractivity contribution in [1.29, 1.82) is 0 Å². The Labute approximate surface area is 134 Å². The van der Waals surface area contributed by atoms with E-state index in [1.165, 1.54) is 0 Å². The van der Waals surface area contributed by atoms with E-state index in [4.69, 9.17) is 0 Å². The van der Waals surface area contributed by atoms with Crippen LogP contribution in [0.1, 0.15) is 55.2 Å². The van der Waals surface area contributed by atoms with E-state index in [2.05, 4.69) is 15.3 Å². The molecule has 3 rings (SSSR count). The number of carbonyl (C=O) groups is 2. The Hall–Kier alpha value is -2.18. The van der Waals surface area contributed by atoms with E-state index in [1.54, 1.807) is 17.9 Å². The molecule has 0 bridgehead atoms. The Morgan fingerprint density at radius 1 is 1.39 bits per heavy atom. The highest BCUT2D eigenvalue weighted by atomic mass is 16.2. The number of rotatable bonds is 1. The van der Waals surface area contributed by atoms with Gasteiger partial charge in [-0.05, 0) is 45.6 Å². The molecule has 2 aliphatic rings. The van der Waals surface area contributed by atoms with Crippen LogP contribution in [0, 0.1) is 6.92 Å². The third-order valence-electron chi connectivity index (χ3n) is 4.87. The Morgan fingerprint density at radius 3 is 2.91 bits per heavy atom. The third kappa shape index (κ3) is 3.00. The number of fused-ring (bicyclic) bond motifs is 1. The van der Waals surface area contributed by atoms with Gasteiger partial charge in [0.1, 0.15) is 5.69 Å². The maximum Gasteiger partial charge on any atom is 0.345 e. The number of H-pyrrole nitrogens is 1. The minimum Gasteiger partial charge on any atom is -0.349 e. The van der Waals surface area contributed by atoms with Gasteiger partial charge < -0.3 is 15.2 Å². The summed E-state index contributed by atoms with van der Waals surface area (Å²) in [5.41, 5.74) is -0.131. The fourth-order valence-electron chi connectivity index (χ4n) is 3.82. The molecular weight excluding hydrogens is 296 g/mol. The summed E-state index contributed by atoms with van der Waals surface area (Å²) < 4.78 is 0.